The molecule has 0 fully saturated rings. The first kappa shape index (κ1) is 20.0. The Hall–Kier alpha value is -3.72. The van der Waals surface area contributed by atoms with Crippen LogP contribution >= 0.6 is 11.6 Å². The Morgan fingerprint density at radius 1 is 1.24 bits per heavy atom. The van der Waals surface area contributed by atoms with Crippen molar-refractivity contribution in [1.82, 2.24) is 9.78 Å². The molecule has 1 amide bonds. The Morgan fingerprint density at radius 3 is 2.66 bits per heavy atom. The van der Waals surface area contributed by atoms with Gasteiger partial charge in [-0.2, -0.15) is 5.10 Å². The fourth-order valence-electron chi connectivity index (χ4n) is 2.71. The number of carbonyl (C=O) groups excluding carboxylic acids is 1. The first-order valence-electron chi connectivity index (χ1n) is 8.31. The number of hydrogen-bond donors (Lipinski definition) is 1. The molecule has 0 bridgehead atoms. The van der Waals surface area contributed by atoms with Gasteiger partial charge in [0.1, 0.15) is 11.4 Å². The molecule has 1 heterocycles. The third kappa shape index (κ3) is 4.09. The number of amides is 1. The largest absolute Gasteiger partial charge is 0.495 e. The number of ether oxygens (including phenoxy) is 1. The number of halogens is 1. The average molecular weight is 415 g/mol. The number of aryl methyl sites for hydroxylation is 1. The maximum atomic E-state index is 12.7. The van der Waals surface area contributed by atoms with Gasteiger partial charge in [-0.05, 0) is 31.2 Å². The number of methoxy groups -OCH3 is 1. The number of nitro benzene ring substituents is 1. The molecule has 0 atom stereocenters. The number of nitro groups is 1. The van der Waals surface area contributed by atoms with Gasteiger partial charge in [-0.25, -0.2) is 4.68 Å². The van der Waals surface area contributed by atoms with Crippen LogP contribution in [0.1, 0.15) is 16.2 Å². The Labute approximate surface area is 169 Å². The molecule has 0 saturated carbocycles. The van der Waals surface area contributed by atoms with Crippen molar-refractivity contribution in [3.63, 3.8) is 0 Å². The van der Waals surface area contributed by atoms with E-state index in [0.29, 0.717) is 16.5 Å². The quantitative estimate of drug-likeness (QED) is 0.505. The average Bonchev–Trinajstić information content (AvgIpc) is 2.68. The van der Waals surface area contributed by atoms with Crippen molar-refractivity contribution in [1.29, 1.82) is 0 Å². The molecule has 2 aromatic carbocycles. The highest BCUT2D eigenvalue weighted by Crippen LogP contribution is 2.28. The maximum absolute atomic E-state index is 12.7. The molecule has 0 unspecified atom stereocenters. The topological polar surface area (TPSA) is 116 Å². The molecule has 0 aliphatic carbocycles. The van der Waals surface area contributed by atoms with Gasteiger partial charge in [-0.15, -0.1) is 0 Å². The molecule has 1 aromatic heterocycles. The molecule has 148 valence electrons. The zero-order chi connectivity index (χ0) is 21.1. The normalized spacial score (nSPS) is 10.4. The highest BCUT2D eigenvalue weighted by molar-refractivity contribution is 6.31. The number of para-hydroxylation sites is 2. The van der Waals surface area contributed by atoms with E-state index in [0.717, 1.165) is 0 Å². The van der Waals surface area contributed by atoms with Crippen molar-refractivity contribution in [2.45, 2.75) is 6.92 Å². The molecule has 29 heavy (non-hydrogen) atoms. The maximum Gasteiger partial charge on any atom is 0.294 e. The summed E-state index contributed by atoms with van der Waals surface area (Å²) in [6.07, 6.45) is 0. The third-order valence-electron chi connectivity index (χ3n) is 4.04. The zero-order valence-electron chi connectivity index (χ0n) is 15.4. The van der Waals surface area contributed by atoms with Crippen LogP contribution in [0.4, 0.5) is 11.4 Å². The first-order valence-corrected chi connectivity index (χ1v) is 8.69. The van der Waals surface area contributed by atoms with Crippen LogP contribution in [0.5, 0.6) is 5.75 Å². The second kappa shape index (κ2) is 8.11. The van der Waals surface area contributed by atoms with Crippen LogP contribution in [0, 0.1) is 17.0 Å². The summed E-state index contributed by atoms with van der Waals surface area (Å²) in [6.45, 7) is 1.56. The minimum atomic E-state index is -0.803. The van der Waals surface area contributed by atoms with Gasteiger partial charge in [0.25, 0.3) is 11.6 Å². The van der Waals surface area contributed by atoms with Gasteiger partial charge in [0.15, 0.2) is 5.69 Å². The minimum absolute atomic E-state index is 0.129. The Bertz CT molecular complexity index is 1180. The number of benzene rings is 2. The summed E-state index contributed by atoms with van der Waals surface area (Å²) in [7, 11) is 1.42. The molecule has 0 spiro atoms. The van der Waals surface area contributed by atoms with Gasteiger partial charge in [-0.3, -0.25) is 19.7 Å². The van der Waals surface area contributed by atoms with E-state index < -0.39 is 22.0 Å². The summed E-state index contributed by atoms with van der Waals surface area (Å²) >= 11 is 5.96. The standard InChI is InChI=1S/C19H15ClN4O5/c1-11-9-16(25)18(19(26)21-13-10-12(20)7-8-17(13)29-2)22-23(11)14-5-3-4-6-15(14)24(27)28/h3-10H,1-2H3,(H,21,26). The molecule has 0 aliphatic rings. The number of hydrogen-bond acceptors (Lipinski definition) is 6. The second-order valence-corrected chi connectivity index (χ2v) is 6.39. The number of carbonyl (C=O) groups is 1. The lowest BCUT2D eigenvalue weighted by Crippen LogP contribution is -2.27. The van der Waals surface area contributed by atoms with Gasteiger partial charge >= 0.3 is 0 Å². The number of anilines is 1. The molecule has 3 rings (SSSR count). The van der Waals surface area contributed by atoms with Crippen molar-refractivity contribution < 1.29 is 14.5 Å². The molecule has 10 heteroatoms. The second-order valence-electron chi connectivity index (χ2n) is 5.95. The zero-order valence-corrected chi connectivity index (χ0v) is 16.1. The molecule has 0 aliphatic heterocycles. The van der Waals surface area contributed by atoms with E-state index in [4.69, 9.17) is 16.3 Å². The third-order valence-corrected chi connectivity index (χ3v) is 4.27. The van der Waals surface area contributed by atoms with Crippen LogP contribution in [0.2, 0.25) is 5.02 Å². The van der Waals surface area contributed by atoms with Crippen molar-refractivity contribution in [3.8, 4) is 11.4 Å². The SMILES string of the molecule is COc1ccc(Cl)cc1NC(=O)c1nn(-c2ccccc2[N+](=O)[O-])c(C)cc1=O. The monoisotopic (exact) mass is 414 g/mol. The van der Waals surface area contributed by atoms with Gasteiger partial charge < -0.3 is 10.1 Å². The Morgan fingerprint density at radius 2 is 1.97 bits per heavy atom. The van der Waals surface area contributed by atoms with Gasteiger partial charge in [0, 0.05) is 22.8 Å². The summed E-state index contributed by atoms with van der Waals surface area (Å²) in [5.41, 5.74) is -0.559. The number of nitrogens with zero attached hydrogens (tertiary/aromatic N) is 3. The molecular weight excluding hydrogens is 400 g/mol. The van der Waals surface area contributed by atoms with E-state index >= 15 is 0 Å². The smallest absolute Gasteiger partial charge is 0.294 e. The van der Waals surface area contributed by atoms with E-state index in [1.54, 1.807) is 25.1 Å². The van der Waals surface area contributed by atoms with E-state index in [-0.39, 0.29) is 17.1 Å². The van der Waals surface area contributed by atoms with Crippen LogP contribution in [-0.4, -0.2) is 27.7 Å². The van der Waals surface area contributed by atoms with E-state index in [1.807, 2.05) is 0 Å². The van der Waals surface area contributed by atoms with E-state index in [2.05, 4.69) is 10.4 Å². The summed E-state index contributed by atoms with van der Waals surface area (Å²) in [5, 5.41) is 18.3. The predicted molar refractivity (Wildman–Crippen MR) is 107 cm³/mol. The molecule has 1 N–H and O–H groups in total. The van der Waals surface area contributed by atoms with E-state index in [9.17, 15) is 19.7 Å². The van der Waals surface area contributed by atoms with Crippen LogP contribution < -0.4 is 15.5 Å². The number of rotatable bonds is 5. The minimum Gasteiger partial charge on any atom is -0.495 e. The van der Waals surface area contributed by atoms with Crippen molar-refractivity contribution >= 4 is 28.9 Å². The van der Waals surface area contributed by atoms with Crippen LogP contribution in [-0.2, 0) is 0 Å². The van der Waals surface area contributed by atoms with Gasteiger partial charge in [0.2, 0.25) is 5.43 Å². The van der Waals surface area contributed by atoms with Gasteiger partial charge in [-0.1, -0.05) is 23.7 Å². The molecule has 3 aromatic rings. The molecule has 0 saturated heterocycles. The lowest BCUT2D eigenvalue weighted by atomic mass is 10.2. The molecular formula is C19H15ClN4O5. The lowest BCUT2D eigenvalue weighted by Gasteiger charge is -2.13. The summed E-state index contributed by atoms with van der Waals surface area (Å²) in [6, 6.07) is 11.7. The first-order chi connectivity index (χ1) is 13.8. The summed E-state index contributed by atoms with van der Waals surface area (Å²) in [5.74, 6) is -0.461. The number of nitrogens with one attached hydrogen (secondary N) is 1. The highest BCUT2D eigenvalue weighted by Gasteiger charge is 2.21. The Kier molecular flexibility index (Phi) is 5.60. The molecule has 9 nitrogen and oxygen atoms in total. The van der Waals surface area contributed by atoms with Gasteiger partial charge in [0.05, 0.1) is 17.7 Å². The summed E-state index contributed by atoms with van der Waals surface area (Å²) < 4.78 is 6.35. The van der Waals surface area contributed by atoms with Crippen LogP contribution in [0.25, 0.3) is 5.69 Å². The molecule has 0 radical (unpaired) electrons. The van der Waals surface area contributed by atoms with Crippen LogP contribution in [0.3, 0.4) is 0 Å². The van der Waals surface area contributed by atoms with Crippen LogP contribution in [0.15, 0.2) is 53.3 Å². The Balaban J connectivity index is 2.07. The van der Waals surface area contributed by atoms with Crippen molar-refractivity contribution in [3.05, 3.63) is 85.3 Å². The van der Waals surface area contributed by atoms with Crippen molar-refractivity contribution in [2.24, 2.45) is 0 Å². The fraction of sp³-hybridized carbons (Fsp3) is 0.105. The van der Waals surface area contributed by atoms with Crippen molar-refractivity contribution in [2.75, 3.05) is 12.4 Å². The lowest BCUT2D eigenvalue weighted by molar-refractivity contribution is -0.384. The highest BCUT2D eigenvalue weighted by atomic mass is 35.5. The number of aromatic nitrogens is 2. The fourth-order valence-corrected chi connectivity index (χ4v) is 2.88. The van der Waals surface area contributed by atoms with E-state index in [1.165, 1.54) is 42.1 Å². The summed E-state index contributed by atoms with van der Waals surface area (Å²) in [4.78, 5) is 35.8. The predicted octanol–water partition coefficient (Wildman–Crippen LogP) is 3.36.